The molecule has 0 atom stereocenters. The lowest BCUT2D eigenvalue weighted by atomic mass is 10.1. The Kier molecular flexibility index (Phi) is 4.27. The summed E-state index contributed by atoms with van der Waals surface area (Å²) in [7, 11) is 0. The van der Waals surface area contributed by atoms with Crippen molar-refractivity contribution >= 4 is 0 Å². The highest BCUT2D eigenvalue weighted by Crippen LogP contribution is 2.07. The summed E-state index contributed by atoms with van der Waals surface area (Å²) in [6.45, 7) is 2.79. The fourth-order valence-electron chi connectivity index (χ4n) is 1.29. The molecule has 0 aromatic heterocycles. The summed E-state index contributed by atoms with van der Waals surface area (Å²) in [6.07, 6.45) is 4.31. The molecule has 0 bridgehead atoms. The zero-order valence-electron chi connectivity index (χ0n) is 8.16. The van der Waals surface area contributed by atoms with Crippen LogP contribution in [0.25, 0.3) is 0 Å². The Balaban J connectivity index is 2.39. The van der Waals surface area contributed by atoms with Crippen molar-refractivity contribution in [3.05, 3.63) is 47.5 Å². The second kappa shape index (κ2) is 5.55. The number of benzene rings is 1. The summed E-state index contributed by atoms with van der Waals surface area (Å²) < 4.78 is 0. The van der Waals surface area contributed by atoms with Crippen molar-refractivity contribution in [1.82, 2.24) is 0 Å². The molecule has 0 saturated heterocycles. The number of hydrogen-bond acceptors (Lipinski definition) is 1. The number of aryl methyl sites for hydroxylation is 1. The molecular weight excluding hydrogens is 158 g/mol. The monoisotopic (exact) mass is 175 g/mol. The molecule has 0 aliphatic heterocycles. The molecular formula is C12H17N. The lowest BCUT2D eigenvalue weighted by molar-refractivity contribution is 0.932. The smallest absolute Gasteiger partial charge is 0.0109 e. The Morgan fingerprint density at radius 2 is 2.00 bits per heavy atom. The molecule has 0 radical (unpaired) electrons. The van der Waals surface area contributed by atoms with Crippen LogP contribution in [0.4, 0.5) is 0 Å². The maximum atomic E-state index is 5.42. The SMILES string of the molecule is CC(=CCN)CCc1ccccc1. The van der Waals surface area contributed by atoms with Crippen molar-refractivity contribution in [2.75, 3.05) is 6.54 Å². The molecule has 0 unspecified atom stereocenters. The van der Waals surface area contributed by atoms with E-state index in [0.717, 1.165) is 12.8 Å². The average Bonchev–Trinajstić information content (AvgIpc) is 2.17. The van der Waals surface area contributed by atoms with E-state index < -0.39 is 0 Å². The van der Waals surface area contributed by atoms with Gasteiger partial charge < -0.3 is 5.73 Å². The normalized spacial score (nSPS) is 11.7. The third-order valence-electron chi connectivity index (χ3n) is 2.12. The van der Waals surface area contributed by atoms with E-state index in [-0.39, 0.29) is 0 Å². The van der Waals surface area contributed by atoms with Gasteiger partial charge in [-0.25, -0.2) is 0 Å². The van der Waals surface area contributed by atoms with Gasteiger partial charge in [-0.2, -0.15) is 0 Å². The van der Waals surface area contributed by atoms with Gasteiger partial charge in [0.05, 0.1) is 0 Å². The van der Waals surface area contributed by atoms with E-state index in [4.69, 9.17) is 5.73 Å². The predicted octanol–water partition coefficient (Wildman–Crippen LogP) is 2.52. The van der Waals surface area contributed by atoms with Gasteiger partial charge in [-0.1, -0.05) is 42.0 Å². The molecule has 2 N–H and O–H groups in total. The van der Waals surface area contributed by atoms with Crippen LogP contribution in [-0.4, -0.2) is 6.54 Å². The number of nitrogens with two attached hydrogens (primary N) is 1. The molecule has 1 rings (SSSR count). The third-order valence-corrected chi connectivity index (χ3v) is 2.12. The van der Waals surface area contributed by atoms with Gasteiger partial charge in [0, 0.05) is 6.54 Å². The first-order valence-corrected chi connectivity index (χ1v) is 4.72. The van der Waals surface area contributed by atoms with Crippen molar-refractivity contribution in [3.8, 4) is 0 Å². The van der Waals surface area contributed by atoms with E-state index in [9.17, 15) is 0 Å². The molecule has 0 aliphatic rings. The predicted molar refractivity (Wildman–Crippen MR) is 57.6 cm³/mol. The summed E-state index contributed by atoms with van der Waals surface area (Å²) in [5.74, 6) is 0. The Morgan fingerprint density at radius 3 is 2.62 bits per heavy atom. The van der Waals surface area contributed by atoms with E-state index in [1.807, 2.05) is 6.07 Å². The van der Waals surface area contributed by atoms with Crippen LogP contribution >= 0.6 is 0 Å². The maximum absolute atomic E-state index is 5.42. The molecule has 1 aromatic rings. The second-order valence-electron chi connectivity index (χ2n) is 3.27. The van der Waals surface area contributed by atoms with Crippen LogP contribution < -0.4 is 5.73 Å². The lowest BCUT2D eigenvalue weighted by Gasteiger charge is -2.01. The fourth-order valence-corrected chi connectivity index (χ4v) is 1.29. The number of hydrogen-bond donors (Lipinski definition) is 1. The lowest BCUT2D eigenvalue weighted by Crippen LogP contribution is -1.95. The number of rotatable bonds is 4. The molecule has 0 saturated carbocycles. The van der Waals surface area contributed by atoms with E-state index in [1.54, 1.807) is 0 Å². The Bertz CT molecular complexity index is 262. The summed E-state index contributed by atoms with van der Waals surface area (Å²) in [4.78, 5) is 0. The number of allylic oxidation sites excluding steroid dienone is 1. The average molecular weight is 175 g/mol. The molecule has 1 aromatic carbocycles. The van der Waals surface area contributed by atoms with Gasteiger partial charge >= 0.3 is 0 Å². The molecule has 0 heterocycles. The van der Waals surface area contributed by atoms with Gasteiger partial charge in [-0.15, -0.1) is 0 Å². The third kappa shape index (κ3) is 3.90. The minimum Gasteiger partial charge on any atom is -0.327 e. The molecule has 0 aliphatic carbocycles. The van der Waals surface area contributed by atoms with Crippen LogP contribution in [0, 0.1) is 0 Å². The zero-order valence-corrected chi connectivity index (χ0v) is 8.16. The van der Waals surface area contributed by atoms with Gasteiger partial charge in [0.1, 0.15) is 0 Å². The van der Waals surface area contributed by atoms with E-state index in [1.165, 1.54) is 11.1 Å². The van der Waals surface area contributed by atoms with Crippen LogP contribution in [-0.2, 0) is 6.42 Å². The summed E-state index contributed by atoms with van der Waals surface area (Å²) in [6, 6.07) is 10.5. The van der Waals surface area contributed by atoms with Crippen molar-refractivity contribution in [2.24, 2.45) is 5.73 Å². The van der Waals surface area contributed by atoms with Gasteiger partial charge in [0.25, 0.3) is 0 Å². The molecule has 0 spiro atoms. The Labute approximate surface area is 80.3 Å². The second-order valence-corrected chi connectivity index (χ2v) is 3.27. The van der Waals surface area contributed by atoms with Crippen molar-refractivity contribution < 1.29 is 0 Å². The van der Waals surface area contributed by atoms with Crippen LogP contribution in [0.1, 0.15) is 18.9 Å². The van der Waals surface area contributed by atoms with E-state index in [2.05, 4.69) is 37.3 Å². The van der Waals surface area contributed by atoms with Gasteiger partial charge in [0.2, 0.25) is 0 Å². The van der Waals surface area contributed by atoms with Crippen LogP contribution in [0.3, 0.4) is 0 Å². The summed E-state index contributed by atoms with van der Waals surface area (Å²) >= 11 is 0. The van der Waals surface area contributed by atoms with E-state index in [0.29, 0.717) is 6.54 Å². The highest BCUT2D eigenvalue weighted by molar-refractivity contribution is 5.16. The minimum absolute atomic E-state index is 0.653. The highest BCUT2D eigenvalue weighted by Gasteiger charge is 1.92. The Hall–Kier alpha value is -1.08. The molecule has 0 fully saturated rings. The standard InChI is InChI=1S/C12H17N/c1-11(9-10-13)7-8-12-5-3-2-4-6-12/h2-6,9H,7-8,10,13H2,1H3. The first-order chi connectivity index (χ1) is 6.33. The van der Waals surface area contributed by atoms with Gasteiger partial charge in [-0.3, -0.25) is 0 Å². The van der Waals surface area contributed by atoms with Crippen LogP contribution in [0.2, 0.25) is 0 Å². The Morgan fingerprint density at radius 1 is 1.31 bits per heavy atom. The highest BCUT2D eigenvalue weighted by atomic mass is 14.5. The van der Waals surface area contributed by atoms with Crippen molar-refractivity contribution in [2.45, 2.75) is 19.8 Å². The van der Waals surface area contributed by atoms with Gasteiger partial charge in [0.15, 0.2) is 0 Å². The van der Waals surface area contributed by atoms with Crippen molar-refractivity contribution in [3.63, 3.8) is 0 Å². The molecule has 1 nitrogen and oxygen atoms in total. The van der Waals surface area contributed by atoms with Gasteiger partial charge in [-0.05, 0) is 25.3 Å². The summed E-state index contributed by atoms with van der Waals surface area (Å²) in [5, 5.41) is 0. The van der Waals surface area contributed by atoms with E-state index >= 15 is 0 Å². The molecule has 1 heteroatoms. The molecule has 13 heavy (non-hydrogen) atoms. The quantitative estimate of drug-likeness (QED) is 0.699. The molecule has 70 valence electrons. The maximum Gasteiger partial charge on any atom is 0.0109 e. The first-order valence-electron chi connectivity index (χ1n) is 4.72. The molecule has 0 amide bonds. The fraction of sp³-hybridized carbons (Fsp3) is 0.333. The largest absolute Gasteiger partial charge is 0.327 e. The van der Waals surface area contributed by atoms with Crippen LogP contribution in [0.15, 0.2) is 42.0 Å². The van der Waals surface area contributed by atoms with Crippen molar-refractivity contribution in [1.29, 1.82) is 0 Å². The summed E-state index contributed by atoms with van der Waals surface area (Å²) in [5.41, 5.74) is 8.20. The first kappa shape index (κ1) is 10.0. The zero-order chi connectivity index (χ0) is 9.52. The topological polar surface area (TPSA) is 26.0 Å². The van der Waals surface area contributed by atoms with Crippen LogP contribution in [0.5, 0.6) is 0 Å². The minimum atomic E-state index is 0.653.